The van der Waals surface area contributed by atoms with Gasteiger partial charge in [-0.2, -0.15) is 8.78 Å². The van der Waals surface area contributed by atoms with Gasteiger partial charge >= 0.3 is 6.61 Å². The van der Waals surface area contributed by atoms with E-state index in [1.54, 1.807) is 0 Å². The lowest BCUT2D eigenvalue weighted by atomic mass is 9.68. The van der Waals surface area contributed by atoms with Crippen LogP contribution in [0, 0.1) is 29.4 Å². The van der Waals surface area contributed by atoms with E-state index in [4.69, 9.17) is 0 Å². The third-order valence-corrected chi connectivity index (χ3v) is 7.05. The summed E-state index contributed by atoms with van der Waals surface area (Å²) in [5.74, 6) is -0.636. The lowest BCUT2D eigenvalue weighted by molar-refractivity contribution is -0.0546. The van der Waals surface area contributed by atoms with E-state index in [-0.39, 0.29) is 5.92 Å². The molecule has 0 heterocycles. The number of unbranched alkanes of at least 4 members (excludes halogenated alkanes) is 1. The highest BCUT2D eigenvalue weighted by molar-refractivity contribution is 5.33. The summed E-state index contributed by atoms with van der Waals surface area (Å²) in [5, 5.41) is 0. The molecular formula is C24H32F4O. The van der Waals surface area contributed by atoms with E-state index in [9.17, 15) is 17.6 Å². The molecule has 0 unspecified atom stereocenters. The molecule has 3 rings (SSSR count). The molecule has 1 aromatic rings. The van der Waals surface area contributed by atoms with Crippen LogP contribution in [0.3, 0.4) is 0 Å². The van der Waals surface area contributed by atoms with Crippen LogP contribution < -0.4 is 4.74 Å². The summed E-state index contributed by atoms with van der Waals surface area (Å²) < 4.78 is 56.6. The molecule has 0 spiro atoms. The fourth-order valence-electron chi connectivity index (χ4n) is 5.44. The molecule has 0 radical (unpaired) electrons. The van der Waals surface area contributed by atoms with E-state index in [1.165, 1.54) is 50.7 Å². The van der Waals surface area contributed by atoms with Gasteiger partial charge in [0.15, 0.2) is 17.4 Å². The highest BCUT2D eigenvalue weighted by atomic mass is 19.3. The summed E-state index contributed by atoms with van der Waals surface area (Å²) >= 11 is 0. The number of ether oxygens (including phenoxy) is 1. The average Bonchev–Trinajstić information content (AvgIpc) is 2.71. The smallest absolute Gasteiger partial charge is 0.387 e. The zero-order valence-electron chi connectivity index (χ0n) is 17.0. The Bertz CT molecular complexity index is 636. The van der Waals surface area contributed by atoms with Crippen LogP contribution in [-0.2, 0) is 0 Å². The second kappa shape index (κ2) is 10.5. The fraction of sp³-hybridized carbons (Fsp3) is 0.667. The largest absolute Gasteiger partial charge is 0.429 e. The Hall–Kier alpha value is -1.52. The van der Waals surface area contributed by atoms with E-state index >= 15 is 0 Å². The second-order valence-corrected chi connectivity index (χ2v) is 8.80. The molecule has 0 amide bonds. The summed E-state index contributed by atoms with van der Waals surface area (Å²) in [4.78, 5) is 0. The molecule has 2 aliphatic rings. The standard InChI is InChI=1S/C24H32F4O/c1-2-3-4-5-16-6-8-17(9-7-16)18-10-12-19(13-11-18)20-14-21(25)23(22(26)15-20)29-24(27)28/h2,14-19,24H,1,3-13H2/t16-,17-,18-,19-. The van der Waals surface area contributed by atoms with Gasteiger partial charge in [-0.15, -0.1) is 6.58 Å². The van der Waals surface area contributed by atoms with Crippen molar-refractivity contribution in [1.29, 1.82) is 0 Å². The van der Waals surface area contributed by atoms with Crippen molar-refractivity contribution in [3.8, 4) is 5.75 Å². The molecule has 5 heteroatoms. The molecule has 2 saturated carbocycles. The minimum Gasteiger partial charge on any atom is -0.429 e. The van der Waals surface area contributed by atoms with Gasteiger partial charge in [0.1, 0.15) is 0 Å². The lowest BCUT2D eigenvalue weighted by Crippen LogP contribution is -2.25. The van der Waals surface area contributed by atoms with Crippen molar-refractivity contribution in [2.45, 2.75) is 83.2 Å². The second-order valence-electron chi connectivity index (χ2n) is 8.80. The Morgan fingerprint density at radius 3 is 2.00 bits per heavy atom. The Labute approximate surface area is 171 Å². The first-order chi connectivity index (χ1) is 14.0. The maximum atomic E-state index is 14.0. The Morgan fingerprint density at radius 2 is 1.48 bits per heavy atom. The van der Waals surface area contributed by atoms with Gasteiger partial charge in [-0.1, -0.05) is 25.3 Å². The number of hydrogen-bond donors (Lipinski definition) is 0. The molecule has 0 aliphatic heterocycles. The van der Waals surface area contributed by atoms with Gasteiger partial charge in [-0.3, -0.25) is 0 Å². The van der Waals surface area contributed by atoms with Crippen LogP contribution in [0.5, 0.6) is 5.75 Å². The van der Waals surface area contributed by atoms with Crippen molar-refractivity contribution in [3.63, 3.8) is 0 Å². The minimum atomic E-state index is -3.24. The molecule has 29 heavy (non-hydrogen) atoms. The first-order valence-electron chi connectivity index (χ1n) is 11.0. The van der Waals surface area contributed by atoms with Crippen molar-refractivity contribution in [2.75, 3.05) is 0 Å². The average molecular weight is 413 g/mol. The summed E-state index contributed by atoms with van der Waals surface area (Å²) in [6.45, 7) is 0.553. The van der Waals surface area contributed by atoms with Crippen LogP contribution in [0.2, 0.25) is 0 Å². The molecular weight excluding hydrogens is 380 g/mol. The highest BCUT2D eigenvalue weighted by Gasteiger charge is 2.32. The van der Waals surface area contributed by atoms with Crippen LogP contribution >= 0.6 is 0 Å². The number of rotatable bonds is 8. The number of halogens is 4. The summed E-state index contributed by atoms with van der Waals surface area (Å²) in [6.07, 6.45) is 14.9. The zero-order valence-corrected chi connectivity index (χ0v) is 17.0. The predicted octanol–water partition coefficient (Wildman–Crippen LogP) is 8.00. The molecule has 0 bridgehead atoms. The van der Waals surface area contributed by atoms with Crippen molar-refractivity contribution in [2.24, 2.45) is 17.8 Å². The van der Waals surface area contributed by atoms with Crippen molar-refractivity contribution in [3.05, 3.63) is 42.0 Å². The first-order valence-corrected chi connectivity index (χ1v) is 11.0. The van der Waals surface area contributed by atoms with Crippen LogP contribution in [-0.4, -0.2) is 6.61 Å². The maximum Gasteiger partial charge on any atom is 0.387 e. The third-order valence-electron chi connectivity index (χ3n) is 7.05. The van der Waals surface area contributed by atoms with Crippen LogP contribution in [0.15, 0.2) is 24.8 Å². The zero-order chi connectivity index (χ0) is 20.8. The summed E-state index contributed by atoms with van der Waals surface area (Å²) in [7, 11) is 0. The molecule has 1 aromatic carbocycles. The van der Waals surface area contributed by atoms with E-state index in [0.29, 0.717) is 11.5 Å². The van der Waals surface area contributed by atoms with Gasteiger partial charge in [0.05, 0.1) is 0 Å². The SMILES string of the molecule is C=CCCC[C@H]1CC[C@H]([C@H]2CC[C@H](c3cc(F)c(OC(F)F)c(F)c3)CC2)CC1. The molecule has 0 N–H and O–H groups in total. The molecule has 0 saturated heterocycles. The monoisotopic (exact) mass is 412 g/mol. The third kappa shape index (κ3) is 5.99. The van der Waals surface area contributed by atoms with Gasteiger partial charge in [0.25, 0.3) is 0 Å². The molecule has 162 valence electrons. The van der Waals surface area contributed by atoms with Crippen LogP contribution in [0.4, 0.5) is 17.6 Å². The lowest BCUT2D eigenvalue weighted by Gasteiger charge is -2.38. The molecule has 1 nitrogen and oxygen atoms in total. The van der Waals surface area contributed by atoms with Crippen molar-refractivity contribution in [1.82, 2.24) is 0 Å². The molecule has 0 atom stereocenters. The number of alkyl halides is 2. The summed E-state index contributed by atoms with van der Waals surface area (Å²) in [5.41, 5.74) is 0.561. The van der Waals surface area contributed by atoms with E-state index in [2.05, 4.69) is 11.3 Å². The topological polar surface area (TPSA) is 9.23 Å². The van der Waals surface area contributed by atoms with Crippen molar-refractivity contribution >= 4 is 0 Å². The molecule has 2 fully saturated rings. The Kier molecular flexibility index (Phi) is 8.02. The Morgan fingerprint density at radius 1 is 0.931 bits per heavy atom. The maximum absolute atomic E-state index is 14.0. The van der Waals surface area contributed by atoms with Gasteiger partial charge in [0.2, 0.25) is 0 Å². The van der Waals surface area contributed by atoms with Crippen molar-refractivity contribution < 1.29 is 22.3 Å². The number of benzene rings is 1. The molecule has 0 aromatic heterocycles. The molecule has 2 aliphatic carbocycles. The van der Waals surface area contributed by atoms with E-state index < -0.39 is 24.0 Å². The number of hydrogen-bond acceptors (Lipinski definition) is 1. The van der Waals surface area contributed by atoms with E-state index in [0.717, 1.165) is 43.9 Å². The van der Waals surface area contributed by atoms with Crippen LogP contribution in [0.1, 0.15) is 82.1 Å². The van der Waals surface area contributed by atoms with Gasteiger partial charge in [-0.25, -0.2) is 8.78 Å². The van der Waals surface area contributed by atoms with E-state index in [1.807, 2.05) is 6.08 Å². The minimum absolute atomic E-state index is 0.0890. The Balaban J connectivity index is 1.49. The normalized spacial score (nSPS) is 27.8. The first kappa shape index (κ1) is 22.2. The fourth-order valence-corrected chi connectivity index (χ4v) is 5.44. The highest BCUT2D eigenvalue weighted by Crippen LogP contribution is 2.45. The quantitative estimate of drug-likeness (QED) is 0.239. The van der Waals surface area contributed by atoms with Gasteiger partial charge < -0.3 is 4.74 Å². The van der Waals surface area contributed by atoms with Crippen LogP contribution in [0.25, 0.3) is 0 Å². The summed E-state index contributed by atoms with van der Waals surface area (Å²) in [6, 6.07) is 2.33. The van der Waals surface area contributed by atoms with Gasteiger partial charge in [0, 0.05) is 0 Å². The number of allylic oxidation sites excluding steroid dienone is 1. The predicted molar refractivity (Wildman–Crippen MR) is 107 cm³/mol. The van der Waals surface area contributed by atoms with Gasteiger partial charge in [-0.05, 0) is 92.7 Å².